The molecule has 1 unspecified atom stereocenters. The number of nitrogens with two attached hydrogens (primary N) is 1. The third kappa shape index (κ3) is 5.26. The normalized spacial score (nSPS) is 16.4. The largest absolute Gasteiger partial charge is 0.416 e. The Balaban J connectivity index is 0.00000484. The summed E-state index contributed by atoms with van der Waals surface area (Å²) in [6, 6.07) is -0.497. The minimum Gasteiger partial charge on any atom is -0.391 e. The Kier molecular flexibility index (Phi) is 7.39. The molecule has 0 aliphatic heterocycles. The van der Waals surface area contributed by atoms with E-state index in [2.05, 4.69) is 0 Å². The standard InChI is InChI=1S/C14H17F6NO.ClH/c1-3-7(2)12(22)11(21)9-6-8(13(15,16)17)4-5-10(9)14(18,19)20;/h4-7,11-12,22H,3,21H2,1-2H3;1H/t7?,11-,12+;/m0./s1. The Hall–Kier alpha value is -0.990. The highest BCUT2D eigenvalue weighted by Gasteiger charge is 2.39. The number of halogens is 7. The summed E-state index contributed by atoms with van der Waals surface area (Å²) in [5.41, 5.74) is 2.35. The summed E-state index contributed by atoms with van der Waals surface area (Å²) in [7, 11) is 0. The lowest BCUT2D eigenvalue weighted by Crippen LogP contribution is -2.33. The fraction of sp³-hybridized carbons (Fsp3) is 0.571. The van der Waals surface area contributed by atoms with Gasteiger partial charge in [0.05, 0.1) is 23.3 Å². The van der Waals surface area contributed by atoms with Gasteiger partial charge in [-0.1, -0.05) is 20.3 Å². The van der Waals surface area contributed by atoms with E-state index in [0.29, 0.717) is 24.6 Å². The number of alkyl halides is 6. The van der Waals surface area contributed by atoms with Gasteiger partial charge >= 0.3 is 12.4 Å². The molecule has 0 aliphatic rings. The van der Waals surface area contributed by atoms with Crippen LogP contribution in [0.5, 0.6) is 0 Å². The highest BCUT2D eigenvalue weighted by atomic mass is 35.5. The van der Waals surface area contributed by atoms with E-state index in [-0.39, 0.29) is 12.4 Å². The molecule has 0 heterocycles. The molecule has 1 rings (SSSR count). The summed E-state index contributed by atoms with van der Waals surface area (Å²) in [6.07, 6.45) is -10.6. The molecule has 0 bridgehead atoms. The van der Waals surface area contributed by atoms with E-state index in [9.17, 15) is 31.4 Å². The fourth-order valence-electron chi connectivity index (χ4n) is 2.05. The average molecular weight is 366 g/mol. The minimum atomic E-state index is -4.85. The second kappa shape index (κ2) is 7.72. The lowest BCUT2D eigenvalue weighted by Gasteiger charge is -2.27. The molecule has 1 aromatic rings. The zero-order chi connectivity index (χ0) is 17.3. The smallest absolute Gasteiger partial charge is 0.391 e. The van der Waals surface area contributed by atoms with Crippen LogP contribution in [0.2, 0.25) is 0 Å². The summed E-state index contributed by atoms with van der Waals surface area (Å²) in [6.45, 7) is 3.25. The van der Waals surface area contributed by atoms with Crippen molar-refractivity contribution in [1.29, 1.82) is 0 Å². The van der Waals surface area contributed by atoms with E-state index in [1.807, 2.05) is 0 Å². The lowest BCUT2D eigenvalue weighted by molar-refractivity contribution is -0.142. The second-order valence-corrected chi connectivity index (χ2v) is 5.20. The van der Waals surface area contributed by atoms with Gasteiger partial charge in [-0.25, -0.2) is 0 Å². The first-order valence-electron chi connectivity index (χ1n) is 6.61. The lowest BCUT2D eigenvalue weighted by atomic mass is 9.88. The van der Waals surface area contributed by atoms with Crippen LogP contribution in [0, 0.1) is 5.92 Å². The Morgan fingerprint density at radius 2 is 1.61 bits per heavy atom. The van der Waals surface area contributed by atoms with Crippen LogP contribution in [-0.2, 0) is 12.4 Å². The Morgan fingerprint density at radius 1 is 1.09 bits per heavy atom. The van der Waals surface area contributed by atoms with E-state index in [4.69, 9.17) is 5.73 Å². The van der Waals surface area contributed by atoms with Crippen LogP contribution in [0.4, 0.5) is 26.3 Å². The van der Waals surface area contributed by atoms with Gasteiger partial charge in [-0.15, -0.1) is 12.4 Å². The molecule has 3 N–H and O–H groups in total. The topological polar surface area (TPSA) is 46.2 Å². The van der Waals surface area contributed by atoms with Crippen LogP contribution in [0.1, 0.15) is 43.0 Å². The van der Waals surface area contributed by atoms with Crippen LogP contribution in [0.3, 0.4) is 0 Å². The number of hydrogen-bond donors (Lipinski definition) is 2. The van der Waals surface area contributed by atoms with Crippen molar-refractivity contribution in [2.45, 2.75) is 44.8 Å². The summed E-state index contributed by atoms with van der Waals surface area (Å²) in [4.78, 5) is 0. The predicted octanol–water partition coefficient (Wildman–Crippen LogP) is 4.55. The van der Waals surface area contributed by atoms with Crippen molar-refractivity contribution < 1.29 is 31.4 Å². The SMILES string of the molecule is CCC(C)[C@@H](O)[C@@H](N)c1cc(C(F)(F)F)ccc1C(F)(F)F.Cl. The van der Waals surface area contributed by atoms with Crippen molar-refractivity contribution in [2.24, 2.45) is 11.7 Å². The maximum atomic E-state index is 13.0. The molecule has 0 fully saturated rings. The Morgan fingerprint density at radius 3 is 2.00 bits per heavy atom. The van der Waals surface area contributed by atoms with Gasteiger partial charge in [-0.2, -0.15) is 26.3 Å². The van der Waals surface area contributed by atoms with Gasteiger partial charge in [0, 0.05) is 0 Å². The van der Waals surface area contributed by atoms with Crippen molar-refractivity contribution in [3.8, 4) is 0 Å². The van der Waals surface area contributed by atoms with Gasteiger partial charge in [0.15, 0.2) is 0 Å². The van der Waals surface area contributed by atoms with Crippen LogP contribution >= 0.6 is 12.4 Å². The molecule has 23 heavy (non-hydrogen) atoms. The van der Waals surface area contributed by atoms with Gasteiger partial charge in [0.25, 0.3) is 0 Å². The van der Waals surface area contributed by atoms with Crippen LogP contribution < -0.4 is 5.73 Å². The predicted molar refractivity (Wildman–Crippen MR) is 76.1 cm³/mol. The molecule has 0 saturated heterocycles. The summed E-state index contributed by atoms with van der Waals surface area (Å²) < 4.78 is 77.0. The monoisotopic (exact) mass is 365 g/mol. The molecule has 3 atom stereocenters. The zero-order valence-electron chi connectivity index (χ0n) is 12.4. The van der Waals surface area contributed by atoms with E-state index in [1.54, 1.807) is 13.8 Å². The van der Waals surface area contributed by atoms with Crippen LogP contribution in [0.15, 0.2) is 18.2 Å². The van der Waals surface area contributed by atoms with E-state index in [0.717, 1.165) is 0 Å². The molecule has 0 radical (unpaired) electrons. The van der Waals surface area contributed by atoms with Crippen molar-refractivity contribution in [3.63, 3.8) is 0 Å². The Labute approximate surface area is 136 Å². The molecule has 0 aromatic heterocycles. The molecule has 9 heteroatoms. The van der Waals surface area contributed by atoms with Gasteiger partial charge < -0.3 is 10.8 Å². The molecule has 2 nitrogen and oxygen atoms in total. The van der Waals surface area contributed by atoms with E-state index >= 15 is 0 Å². The van der Waals surface area contributed by atoms with Gasteiger partial charge in [-0.05, 0) is 29.7 Å². The molecular formula is C14H18ClF6NO. The average Bonchev–Trinajstić information content (AvgIpc) is 2.42. The molecule has 134 valence electrons. The highest BCUT2D eigenvalue weighted by Crippen LogP contribution is 2.39. The third-order valence-corrected chi connectivity index (χ3v) is 3.64. The molecule has 1 aromatic carbocycles. The van der Waals surface area contributed by atoms with Crippen LogP contribution in [-0.4, -0.2) is 11.2 Å². The summed E-state index contributed by atoms with van der Waals surface area (Å²) in [5, 5.41) is 9.95. The molecule has 0 saturated carbocycles. The van der Waals surface area contributed by atoms with Crippen molar-refractivity contribution >= 4 is 12.4 Å². The maximum absolute atomic E-state index is 13.0. The number of hydrogen-bond acceptors (Lipinski definition) is 2. The first-order chi connectivity index (χ1) is 9.89. The Bertz CT molecular complexity index is 517. The fourth-order valence-corrected chi connectivity index (χ4v) is 2.05. The zero-order valence-corrected chi connectivity index (χ0v) is 13.2. The maximum Gasteiger partial charge on any atom is 0.416 e. The third-order valence-electron chi connectivity index (χ3n) is 3.64. The van der Waals surface area contributed by atoms with Crippen molar-refractivity contribution in [2.75, 3.05) is 0 Å². The molecule has 0 amide bonds. The van der Waals surface area contributed by atoms with Crippen molar-refractivity contribution in [3.05, 3.63) is 34.9 Å². The first-order valence-corrected chi connectivity index (χ1v) is 6.61. The first kappa shape index (κ1) is 22.0. The summed E-state index contributed by atoms with van der Waals surface area (Å²) in [5.74, 6) is -0.453. The summed E-state index contributed by atoms with van der Waals surface area (Å²) >= 11 is 0. The number of aliphatic hydroxyl groups excluding tert-OH is 1. The van der Waals surface area contributed by atoms with E-state index in [1.165, 1.54) is 0 Å². The van der Waals surface area contributed by atoms with Gasteiger partial charge in [0.1, 0.15) is 0 Å². The molecule has 0 aliphatic carbocycles. The van der Waals surface area contributed by atoms with Crippen molar-refractivity contribution in [1.82, 2.24) is 0 Å². The molecule has 0 spiro atoms. The van der Waals surface area contributed by atoms with Crippen LogP contribution in [0.25, 0.3) is 0 Å². The number of aliphatic hydroxyl groups is 1. The number of benzene rings is 1. The quantitative estimate of drug-likeness (QED) is 0.769. The number of rotatable bonds is 4. The highest BCUT2D eigenvalue weighted by molar-refractivity contribution is 5.85. The van der Waals surface area contributed by atoms with E-state index < -0.39 is 47.1 Å². The second-order valence-electron chi connectivity index (χ2n) is 5.20. The van der Waals surface area contributed by atoms with Gasteiger partial charge in [-0.3, -0.25) is 0 Å². The molecular weight excluding hydrogens is 348 g/mol. The minimum absolute atomic E-state index is 0. The van der Waals surface area contributed by atoms with Gasteiger partial charge in [0.2, 0.25) is 0 Å².